The Hall–Kier alpha value is -2.90. The van der Waals surface area contributed by atoms with Gasteiger partial charge >= 0.3 is 0 Å². The summed E-state index contributed by atoms with van der Waals surface area (Å²) in [5.74, 6) is 2.58. The second kappa shape index (κ2) is 5.82. The molecule has 0 saturated heterocycles. The van der Waals surface area contributed by atoms with E-state index in [-0.39, 0.29) is 0 Å². The van der Waals surface area contributed by atoms with Gasteiger partial charge in [-0.2, -0.15) is 4.52 Å². The molecule has 0 fully saturated rings. The van der Waals surface area contributed by atoms with E-state index in [0.717, 1.165) is 16.1 Å². The number of rotatable bonds is 3. The first-order chi connectivity index (χ1) is 12.7. The minimum absolute atomic E-state index is 0.558. The number of hydrogen-bond acceptors (Lipinski definition) is 6. The number of nitrogens with zero attached hydrogens (tertiary/aromatic N) is 4. The van der Waals surface area contributed by atoms with Crippen molar-refractivity contribution >= 4 is 27.9 Å². The van der Waals surface area contributed by atoms with Crippen LogP contribution >= 0.6 is 22.9 Å². The van der Waals surface area contributed by atoms with Crippen LogP contribution in [0, 0.1) is 6.92 Å². The van der Waals surface area contributed by atoms with E-state index < -0.39 is 0 Å². The van der Waals surface area contributed by atoms with Crippen molar-refractivity contribution in [3.8, 4) is 33.7 Å². The molecular formula is C18H11ClN4O2S. The zero-order valence-corrected chi connectivity index (χ0v) is 15.1. The average Bonchev–Trinajstić information content (AvgIpc) is 3.38. The maximum atomic E-state index is 6.29. The zero-order valence-electron chi connectivity index (χ0n) is 13.5. The molecule has 0 atom stereocenters. The van der Waals surface area contributed by atoms with Crippen molar-refractivity contribution in [2.75, 3.05) is 0 Å². The number of benzene rings is 1. The van der Waals surface area contributed by atoms with Gasteiger partial charge in [0.1, 0.15) is 5.76 Å². The molecule has 0 aliphatic carbocycles. The van der Waals surface area contributed by atoms with E-state index >= 15 is 0 Å². The smallest absolute Gasteiger partial charge is 0.235 e. The molecule has 0 unspecified atom stereocenters. The molecule has 0 saturated carbocycles. The molecule has 8 heteroatoms. The molecule has 1 aromatic carbocycles. The number of fused-ring (bicyclic) bond motifs is 1. The summed E-state index contributed by atoms with van der Waals surface area (Å²) in [5, 5.41) is 14.3. The van der Waals surface area contributed by atoms with Crippen LogP contribution in [0.3, 0.4) is 0 Å². The summed E-state index contributed by atoms with van der Waals surface area (Å²) in [4.78, 5) is 0.668. The second-order valence-corrected chi connectivity index (χ2v) is 7.07. The Labute approximate surface area is 156 Å². The van der Waals surface area contributed by atoms with Crippen molar-refractivity contribution in [2.45, 2.75) is 6.92 Å². The van der Waals surface area contributed by atoms with Crippen LogP contribution in [-0.2, 0) is 0 Å². The predicted molar refractivity (Wildman–Crippen MR) is 99.2 cm³/mol. The standard InChI is InChI=1S/C18H11ClN4O2S/c1-10-9-14(11-5-2-3-6-12(11)19)25-15(10)17-22-23-16(13-7-4-8-24-13)20-21-18(23)26-17/h2-9H,1H3. The summed E-state index contributed by atoms with van der Waals surface area (Å²) < 4.78 is 13.1. The van der Waals surface area contributed by atoms with Crippen molar-refractivity contribution in [3.63, 3.8) is 0 Å². The third-order valence-corrected chi connectivity index (χ3v) is 5.21. The topological polar surface area (TPSA) is 69.4 Å². The quantitative estimate of drug-likeness (QED) is 0.421. The molecule has 5 rings (SSSR count). The summed E-state index contributed by atoms with van der Waals surface area (Å²) in [5.41, 5.74) is 1.83. The minimum atomic E-state index is 0.558. The summed E-state index contributed by atoms with van der Waals surface area (Å²) in [6, 6.07) is 13.2. The summed E-state index contributed by atoms with van der Waals surface area (Å²) >= 11 is 7.69. The summed E-state index contributed by atoms with van der Waals surface area (Å²) in [7, 11) is 0. The number of furan rings is 2. The first-order valence-corrected chi connectivity index (χ1v) is 9.02. The maximum absolute atomic E-state index is 6.29. The van der Waals surface area contributed by atoms with E-state index in [1.165, 1.54) is 11.3 Å². The third-order valence-electron chi connectivity index (χ3n) is 3.98. The molecule has 6 nitrogen and oxygen atoms in total. The van der Waals surface area contributed by atoms with Gasteiger partial charge in [0, 0.05) is 5.56 Å². The van der Waals surface area contributed by atoms with Crippen LogP contribution in [0.5, 0.6) is 0 Å². The maximum Gasteiger partial charge on any atom is 0.235 e. The Balaban J connectivity index is 1.62. The molecule has 0 amide bonds. The van der Waals surface area contributed by atoms with E-state index in [9.17, 15) is 0 Å². The highest BCUT2D eigenvalue weighted by molar-refractivity contribution is 7.19. The van der Waals surface area contributed by atoms with Gasteiger partial charge in [-0.25, -0.2) is 0 Å². The molecule has 0 aliphatic heterocycles. The van der Waals surface area contributed by atoms with Gasteiger partial charge in [0.2, 0.25) is 10.8 Å². The third kappa shape index (κ3) is 2.36. The van der Waals surface area contributed by atoms with Gasteiger partial charge in [0.05, 0.1) is 11.3 Å². The number of aromatic nitrogens is 4. The molecule has 4 heterocycles. The molecule has 0 N–H and O–H groups in total. The van der Waals surface area contributed by atoms with Crippen molar-refractivity contribution in [1.29, 1.82) is 0 Å². The normalized spacial score (nSPS) is 11.5. The van der Waals surface area contributed by atoms with Gasteiger partial charge in [-0.1, -0.05) is 35.1 Å². The first-order valence-electron chi connectivity index (χ1n) is 7.82. The van der Waals surface area contributed by atoms with E-state index in [0.29, 0.717) is 33.1 Å². The lowest BCUT2D eigenvalue weighted by molar-refractivity contribution is 0.574. The SMILES string of the molecule is Cc1cc(-c2ccccc2Cl)oc1-c1nn2c(-c3ccco3)nnc2s1. The molecule has 0 bridgehead atoms. The Kier molecular flexibility index (Phi) is 3.44. The molecule has 128 valence electrons. The fraction of sp³-hybridized carbons (Fsp3) is 0.0556. The largest absolute Gasteiger partial charge is 0.461 e. The lowest BCUT2D eigenvalue weighted by Gasteiger charge is -1.99. The monoisotopic (exact) mass is 382 g/mol. The van der Waals surface area contributed by atoms with Gasteiger partial charge < -0.3 is 8.83 Å². The average molecular weight is 383 g/mol. The summed E-state index contributed by atoms with van der Waals surface area (Å²) in [6.45, 7) is 1.98. The minimum Gasteiger partial charge on any atom is -0.461 e. The van der Waals surface area contributed by atoms with Crippen LogP contribution in [-0.4, -0.2) is 19.8 Å². The fourth-order valence-corrected chi connectivity index (χ4v) is 3.87. The molecule has 26 heavy (non-hydrogen) atoms. The van der Waals surface area contributed by atoms with Crippen LogP contribution in [0.1, 0.15) is 5.56 Å². The van der Waals surface area contributed by atoms with Crippen LogP contribution in [0.2, 0.25) is 5.02 Å². The molecule has 0 spiro atoms. The Morgan fingerprint density at radius 3 is 2.77 bits per heavy atom. The highest BCUT2D eigenvalue weighted by atomic mass is 35.5. The van der Waals surface area contributed by atoms with Crippen LogP contribution in [0.4, 0.5) is 0 Å². The lowest BCUT2D eigenvalue weighted by atomic mass is 10.1. The van der Waals surface area contributed by atoms with Crippen LogP contribution < -0.4 is 0 Å². The van der Waals surface area contributed by atoms with Crippen molar-refractivity contribution in [2.24, 2.45) is 0 Å². The zero-order chi connectivity index (χ0) is 17.7. The van der Waals surface area contributed by atoms with E-state index in [1.54, 1.807) is 16.8 Å². The fourth-order valence-electron chi connectivity index (χ4n) is 2.76. The molecule has 0 aliphatic rings. The Morgan fingerprint density at radius 2 is 1.96 bits per heavy atom. The van der Waals surface area contributed by atoms with Gasteiger partial charge in [-0.15, -0.1) is 15.3 Å². The van der Waals surface area contributed by atoms with Crippen LogP contribution in [0.15, 0.2) is 57.6 Å². The lowest BCUT2D eigenvalue weighted by Crippen LogP contribution is -1.89. The molecule has 5 aromatic rings. The number of halogens is 1. The van der Waals surface area contributed by atoms with E-state index in [1.807, 2.05) is 43.3 Å². The van der Waals surface area contributed by atoms with Crippen molar-refractivity contribution in [1.82, 2.24) is 19.8 Å². The van der Waals surface area contributed by atoms with E-state index in [2.05, 4.69) is 15.3 Å². The van der Waals surface area contributed by atoms with Gasteiger partial charge in [0.25, 0.3) is 0 Å². The molecule has 0 radical (unpaired) electrons. The van der Waals surface area contributed by atoms with Gasteiger partial charge in [-0.05, 0) is 42.8 Å². The molecular weight excluding hydrogens is 372 g/mol. The molecule has 4 aromatic heterocycles. The first kappa shape index (κ1) is 15.4. The van der Waals surface area contributed by atoms with Gasteiger partial charge in [0.15, 0.2) is 16.5 Å². The van der Waals surface area contributed by atoms with Crippen molar-refractivity contribution < 1.29 is 8.83 Å². The second-order valence-electron chi connectivity index (χ2n) is 5.71. The number of hydrogen-bond donors (Lipinski definition) is 0. The van der Waals surface area contributed by atoms with Gasteiger partial charge in [-0.3, -0.25) is 0 Å². The Bertz CT molecular complexity index is 1220. The Morgan fingerprint density at radius 1 is 1.08 bits per heavy atom. The van der Waals surface area contributed by atoms with Crippen molar-refractivity contribution in [3.05, 3.63) is 59.3 Å². The number of aryl methyl sites for hydroxylation is 1. The van der Waals surface area contributed by atoms with Crippen LogP contribution in [0.25, 0.3) is 38.6 Å². The highest BCUT2D eigenvalue weighted by Crippen LogP contribution is 2.37. The highest BCUT2D eigenvalue weighted by Gasteiger charge is 2.20. The van der Waals surface area contributed by atoms with E-state index in [4.69, 9.17) is 20.4 Å². The summed E-state index contributed by atoms with van der Waals surface area (Å²) in [6.07, 6.45) is 1.59. The predicted octanol–water partition coefficient (Wildman–Crippen LogP) is 5.33.